The first-order chi connectivity index (χ1) is 12.2. The maximum Gasteiger partial charge on any atom is 0.254 e. The lowest BCUT2D eigenvalue weighted by Crippen LogP contribution is -2.46. The van der Waals surface area contributed by atoms with E-state index in [1.54, 1.807) is 23.7 Å². The smallest absolute Gasteiger partial charge is 0.254 e. The van der Waals surface area contributed by atoms with Crippen molar-refractivity contribution in [3.05, 3.63) is 52.5 Å². The molecule has 0 unspecified atom stereocenters. The van der Waals surface area contributed by atoms with Gasteiger partial charge in [0.05, 0.1) is 30.5 Å². The average molecular weight is 358 g/mol. The number of carbonyl (C=O) groups is 1. The van der Waals surface area contributed by atoms with Crippen molar-refractivity contribution in [3.63, 3.8) is 0 Å². The van der Waals surface area contributed by atoms with Crippen molar-refractivity contribution in [2.45, 2.75) is 37.6 Å². The fourth-order valence-electron chi connectivity index (χ4n) is 3.64. The first kappa shape index (κ1) is 16.7. The second-order valence-electron chi connectivity index (χ2n) is 6.79. The molecule has 25 heavy (non-hydrogen) atoms. The maximum absolute atomic E-state index is 12.4. The molecule has 0 saturated carbocycles. The number of amides is 1. The van der Waals surface area contributed by atoms with Gasteiger partial charge >= 0.3 is 0 Å². The first-order valence-corrected chi connectivity index (χ1v) is 9.64. The van der Waals surface area contributed by atoms with Crippen LogP contribution in [0.3, 0.4) is 0 Å². The van der Waals surface area contributed by atoms with Crippen LogP contribution in [0.5, 0.6) is 0 Å². The molecule has 1 spiro atoms. The van der Waals surface area contributed by atoms with Gasteiger partial charge in [-0.05, 0) is 42.0 Å². The summed E-state index contributed by atoms with van der Waals surface area (Å²) in [6.45, 7) is 2.75. The monoisotopic (exact) mass is 358 g/mol. The number of carbonyl (C=O) groups excluding carboxylic acids is 1. The van der Waals surface area contributed by atoms with Crippen molar-refractivity contribution >= 4 is 17.2 Å². The molecule has 4 heterocycles. The van der Waals surface area contributed by atoms with Crippen molar-refractivity contribution in [3.8, 4) is 0 Å². The number of pyridine rings is 1. The SMILES string of the molecule is O=C(c1ccsc1)N1CCC2(CC1)C[C@@H](OCc1ccncc1)CO2. The van der Waals surface area contributed by atoms with E-state index >= 15 is 0 Å². The third kappa shape index (κ3) is 3.76. The number of hydrogen-bond acceptors (Lipinski definition) is 5. The summed E-state index contributed by atoms with van der Waals surface area (Å²) in [5.41, 5.74) is 1.81. The molecule has 2 fully saturated rings. The van der Waals surface area contributed by atoms with E-state index in [0.717, 1.165) is 43.5 Å². The largest absolute Gasteiger partial charge is 0.372 e. The van der Waals surface area contributed by atoms with Gasteiger partial charge in [-0.3, -0.25) is 9.78 Å². The molecular formula is C19H22N2O3S. The molecule has 6 heteroatoms. The Labute approximate surface area is 151 Å². The quantitative estimate of drug-likeness (QED) is 0.843. The molecule has 2 aromatic heterocycles. The molecule has 5 nitrogen and oxygen atoms in total. The Bertz CT molecular complexity index is 697. The van der Waals surface area contributed by atoms with E-state index in [2.05, 4.69) is 4.98 Å². The van der Waals surface area contributed by atoms with Gasteiger partial charge in [0.1, 0.15) is 0 Å². The van der Waals surface area contributed by atoms with E-state index in [1.165, 1.54) is 0 Å². The summed E-state index contributed by atoms with van der Waals surface area (Å²) in [7, 11) is 0. The van der Waals surface area contributed by atoms with Crippen LogP contribution in [-0.4, -0.2) is 47.2 Å². The molecule has 2 aromatic rings. The molecule has 0 aromatic carbocycles. The van der Waals surface area contributed by atoms with Gasteiger partial charge in [0.2, 0.25) is 0 Å². The second kappa shape index (κ2) is 7.23. The Kier molecular flexibility index (Phi) is 4.83. The fraction of sp³-hybridized carbons (Fsp3) is 0.474. The van der Waals surface area contributed by atoms with Crippen LogP contribution < -0.4 is 0 Å². The van der Waals surface area contributed by atoms with Crippen LogP contribution in [0.2, 0.25) is 0 Å². The van der Waals surface area contributed by atoms with Crippen molar-refractivity contribution in [2.24, 2.45) is 0 Å². The van der Waals surface area contributed by atoms with Crippen molar-refractivity contribution in [1.82, 2.24) is 9.88 Å². The van der Waals surface area contributed by atoms with Crippen molar-refractivity contribution < 1.29 is 14.3 Å². The van der Waals surface area contributed by atoms with Crippen LogP contribution in [0, 0.1) is 0 Å². The zero-order valence-electron chi connectivity index (χ0n) is 14.1. The van der Waals surface area contributed by atoms with E-state index in [0.29, 0.717) is 13.2 Å². The highest BCUT2D eigenvalue weighted by Crippen LogP contribution is 2.37. The van der Waals surface area contributed by atoms with Gasteiger partial charge in [0.15, 0.2) is 0 Å². The lowest BCUT2D eigenvalue weighted by atomic mass is 9.88. The summed E-state index contributed by atoms with van der Waals surface area (Å²) in [5.74, 6) is 0.139. The van der Waals surface area contributed by atoms with Crippen molar-refractivity contribution in [2.75, 3.05) is 19.7 Å². The van der Waals surface area contributed by atoms with E-state index in [-0.39, 0.29) is 17.6 Å². The number of hydrogen-bond donors (Lipinski definition) is 0. The van der Waals surface area contributed by atoms with Crippen LogP contribution >= 0.6 is 11.3 Å². The second-order valence-corrected chi connectivity index (χ2v) is 7.57. The summed E-state index contributed by atoms with van der Waals surface area (Å²) < 4.78 is 12.1. The predicted octanol–water partition coefficient (Wildman–Crippen LogP) is 3.12. The van der Waals surface area contributed by atoms with E-state index < -0.39 is 0 Å². The maximum atomic E-state index is 12.4. The van der Waals surface area contributed by atoms with Crippen LogP contribution in [-0.2, 0) is 16.1 Å². The number of rotatable bonds is 4. The highest BCUT2D eigenvalue weighted by Gasteiger charge is 2.43. The lowest BCUT2D eigenvalue weighted by molar-refractivity contribution is -0.0412. The molecule has 1 atom stereocenters. The molecule has 0 N–H and O–H groups in total. The zero-order valence-corrected chi connectivity index (χ0v) is 14.9. The van der Waals surface area contributed by atoms with Crippen LogP contribution in [0.4, 0.5) is 0 Å². The molecule has 4 rings (SSSR count). The lowest BCUT2D eigenvalue weighted by Gasteiger charge is -2.38. The van der Waals surface area contributed by atoms with Crippen LogP contribution in [0.1, 0.15) is 35.2 Å². The highest BCUT2D eigenvalue weighted by molar-refractivity contribution is 7.08. The summed E-state index contributed by atoms with van der Waals surface area (Å²) >= 11 is 1.56. The third-order valence-electron chi connectivity index (χ3n) is 5.14. The fourth-order valence-corrected chi connectivity index (χ4v) is 4.27. The Morgan fingerprint density at radius 3 is 2.84 bits per heavy atom. The average Bonchev–Trinajstić information content (AvgIpc) is 3.32. The van der Waals surface area contributed by atoms with Gasteiger partial charge in [-0.2, -0.15) is 11.3 Å². The molecule has 0 aliphatic carbocycles. The number of aromatic nitrogens is 1. The Hall–Kier alpha value is -1.76. The number of ether oxygens (including phenoxy) is 2. The highest BCUT2D eigenvalue weighted by atomic mass is 32.1. The Morgan fingerprint density at radius 1 is 1.32 bits per heavy atom. The van der Waals surface area contributed by atoms with Gasteiger partial charge in [0.25, 0.3) is 5.91 Å². The molecule has 0 bridgehead atoms. The van der Waals surface area contributed by atoms with E-state index in [1.807, 2.05) is 33.9 Å². The summed E-state index contributed by atoms with van der Waals surface area (Å²) in [6, 6.07) is 5.84. The molecular weight excluding hydrogens is 336 g/mol. The minimum atomic E-state index is -0.117. The molecule has 132 valence electrons. The van der Waals surface area contributed by atoms with Gasteiger partial charge in [-0.1, -0.05) is 0 Å². The van der Waals surface area contributed by atoms with Gasteiger partial charge < -0.3 is 14.4 Å². The number of likely N-dealkylation sites (tertiary alicyclic amines) is 1. The minimum absolute atomic E-state index is 0.117. The minimum Gasteiger partial charge on any atom is -0.372 e. The summed E-state index contributed by atoms with van der Waals surface area (Å²) in [4.78, 5) is 18.4. The van der Waals surface area contributed by atoms with Crippen molar-refractivity contribution in [1.29, 1.82) is 0 Å². The van der Waals surface area contributed by atoms with Gasteiger partial charge in [-0.25, -0.2) is 0 Å². The molecule has 2 saturated heterocycles. The van der Waals surface area contributed by atoms with Crippen LogP contribution in [0.25, 0.3) is 0 Å². The Morgan fingerprint density at radius 2 is 2.12 bits per heavy atom. The topological polar surface area (TPSA) is 51.7 Å². The molecule has 1 amide bonds. The standard InChI is InChI=1S/C19H22N2O3S/c22-18(16-3-10-25-14-16)21-8-4-19(5-9-21)11-17(13-24-19)23-12-15-1-6-20-7-2-15/h1-3,6-7,10,14,17H,4-5,8-9,11-13H2/t17-/m1/s1. The van der Waals surface area contributed by atoms with Crippen LogP contribution in [0.15, 0.2) is 41.4 Å². The first-order valence-electron chi connectivity index (χ1n) is 8.70. The van der Waals surface area contributed by atoms with E-state index in [9.17, 15) is 4.79 Å². The number of thiophene rings is 1. The molecule has 2 aliphatic heterocycles. The number of nitrogens with zero attached hydrogens (tertiary/aromatic N) is 2. The van der Waals surface area contributed by atoms with Gasteiger partial charge in [0, 0.05) is 37.3 Å². The summed E-state index contributed by atoms with van der Waals surface area (Å²) in [5, 5.41) is 3.87. The third-order valence-corrected chi connectivity index (χ3v) is 5.82. The molecule has 0 radical (unpaired) electrons. The zero-order chi connectivity index (χ0) is 17.1. The Balaban J connectivity index is 1.28. The normalized spacial score (nSPS) is 22.4. The predicted molar refractivity (Wildman–Crippen MR) is 95.6 cm³/mol. The van der Waals surface area contributed by atoms with E-state index in [4.69, 9.17) is 9.47 Å². The number of piperidine rings is 1. The molecule has 2 aliphatic rings. The van der Waals surface area contributed by atoms with Gasteiger partial charge in [-0.15, -0.1) is 0 Å². The summed E-state index contributed by atoms with van der Waals surface area (Å²) in [6.07, 6.45) is 6.39.